The highest BCUT2D eigenvalue weighted by Gasteiger charge is 2.23. The van der Waals surface area contributed by atoms with Gasteiger partial charge in [0.2, 0.25) is 5.91 Å². The van der Waals surface area contributed by atoms with Crippen LogP contribution in [-0.4, -0.2) is 34.7 Å². The number of aryl methyl sites for hydroxylation is 2. The molecule has 0 bridgehead atoms. The molecular weight excluding hydrogens is 448 g/mol. The number of hydrogen-bond donors (Lipinski definition) is 1. The molecule has 7 nitrogen and oxygen atoms in total. The van der Waals surface area contributed by atoms with Crippen LogP contribution in [0.3, 0.4) is 0 Å². The number of amides is 1. The van der Waals surface area contributed by atoms with Crippen molar-refractivity contribution in [1.82, 2.24) is 19.9 Å². The van der Waals surface area contributed by atoms with E-state index in [0.717, 1.165) is 28.2 Å². The van der Waals surface area contributed by atoms with Gasteiger partial charge in [0.25, 0.3) is 0 Å². The lowest BCUT2D eigenvalue weighted by molar-refractivity contribution is -0.121. The molecule has 0 saturated heterocycles. The summed E-state index contributed by atoms with van der Waals surface area (Å²) >= 11 is 1.54. The molecule has 176 valence electrons. The number of methoxy groups -OCH3 is 2. The second-order valence-corrected chi connectivity index (χ2v) is 8.77. The molecule has 4 rings (SSSR count). The van der Waals surface area contributed by atoms with Gasteiger partial charge in [-0.1, -0.05) is 31.2 Å². The predicted octanol–water partition coefficient (Wildman–Crippen LogP) is 4.57. The molecule has 1 N–H and O–H groups in total. The van der Waals surface area contributed by atoms with Crippen LogP contribution < -0.4 is 14.8 Å². The van der Waals surface area contributed by atoms with Gasteiger partial charge in [-0.25, -0.2) is 9.97 Å². The topological polar surface area (TPSA) is 78.3 Å². The van der Waals surface area contributed by atoms with Gasteiger partial charge in [-0.05, 0) is 29.7 Å². The zero-order valence-electron chi connectivity index (χ0n) is 19.7. The van der Waals surface area contributed by atoms with Crippen molar-refractivity contribution in [1.29, 1.82) is 0 Å². The highest BCUT2D eigenvalue weighted by atomic mass is 32.1. The van der Waals surface area contributed by atoms with E-state index in [1.165, 1.54) is 5.56 Å². The van der Waals surface area contributed by atoms with E-state index in [1.54, 1.807) is 37.8 Å². The molecule has 0 aliphatic rings. The summed E-state index contributed by atoms with van der Waals surface area (Å²) in [6, 6.07) is 13.5. The summed E-state index contributed by atoms with van der Waals surface area (Å²) in [7, 11) is 5.10. The minimum absolute atomic E-state index is 0.145. The van der Waals surface area contributed by atoms with Crippen molar-refractivity contribution in [2.24, 2.45) is 7.05 Å². The molecule has 0 aliphatic carbocycles. The zero-order valence-corrected chi connectivity index (χ0v) is 20.6. The molecule has 1 amide bonds. The van der Waals surface area contributed by atoms with Gasteiger partial charge in [-0.2, -0.15) is 0 Å². The van der Waals surface area contributed by atoms with Crippen LogP contribution in [0.15, 0.2) is 60.2 Å². The van der Waals surface area contributed by atoms with E-state index >= 15 is 0 Å². The number of ether oxygens (including phenoxy) is 2. The molecule has 0 saturated carbocycles. The van der Waals surface area contributed by atoms with Gasteiger partial charge in [0.15, 0.2) is 0 Å². The van der Waals surface area contributed by atoms with Gasteiger partial charge in [-0.15, -0.1) is 11.3 Å². The Bertz CT molecular complexity index is 1240. The van der Waals surface area contributed by atoms with Gasteiger partial charge in [-0.3, -0.25) is 4.79 Å². The summed E-state index contributed by atoms with van der Waals surface area (Å²) in [5, 5.41) is 5.97. The van der Waals surface area contributed by atoms with E-state index in [-0.39, 0.29) is 12.3 Å². The number of imidazole rings is 1. The normalized spacial score (nSPS) is 11.8. The first kappa shape index (κ1) is 23.5. The number of carbonyl (C=O) groups excluding carboxylic acids is 1. The van der Waals surface area contributed by atoms with Crippen molar-refractivity contribution in [3.63, 3.8) is 0 Å². The Morgan fingerprint density at radius 1 is 1.12 bits per heavy atom. The smallest absolute Gasteiger partial charge is 0.226 e. The average molecular weight is 477 g/mol. The molecule has 1 unspecified atom stereocenters. The van der Waals surface area contributed by atoms with Gasteiger partial charge in [0, 0.05) is 36.5 Å². The van der Waals surface area contributed by atoms with Crippen LogP contribution in [0.5, 0.6) is 11.5 Å². The van der Waals surface area contributed by atoms with Gasteiger partial charge in [0.1, 0.15) is 28.4 Å². The third-order valence-corrected chi connectivity index (χ3v) is 6.57. The van der Waals surface area contributed by atoms with E-state index in [4.69, 9.17) is 9.47 Å². The minimum atomic E-state index is -0.476. The van der Waals surface area contributed by atoms with Gasteiger partial charge < -0.3 is 19.4 Å². The number of carbonyl (C=O) groups is 1. The van der Waals surface area contributed by atoms with Crippen LogP contribution in [-0.2, 0) is 24.7 Å². The Labute approximate surface area is 203 Å². The van der Waals surface area contributed by atoms with Crippen molar-refractivity contribution in [3.05, 3.63) is 82.9 Å². The van der Waals surface area contributed by atoms with E-state index in [2.05, 4.69) is 46.5 Å². The highest BCUT2D eigenvalue weighted by Crippen LogP contribution is 2.30. The Morgan fingerprint density at radius 3 is 2.41 bits per heavy atom. The first-order chi connectivity index (χ1) is 16.5. The third-order valence-electron chi connectivity index (χ3n) is 5.63. The molecule has 2 heterocycles. The van der Waals surface area contributed by atoms with Crippen molar-refractivity contribution >= 4 is 17.2 Å². The lowest BCUT2D eigenvalue weighted by Gasteiger charge is -2.20. The standard InChI is InChI=1S/C26H28N4O3S/c1-5-17-6-8-18(9-7-17)26-28-20(16-34-26)14-23(31)29-24(25-27-10-11-30(25)2)19-12-21(32-3)15-22(13-19)33-4/h6-13,15-16,24H,5,14H2,1-4H3,(H,29,31). The molecule has 0 radical (unpaired) electrons. The van der Waals surface area contributed by atoms with Crippen LogP contribution in [0, 0.1) is 0 Å². The van der Waals surface area contributed by atoms with E-state index in [1.807, 2.05) is 35.3 Å². The van der Waals surface area contributed by atoms with Crippen LogP contribution >= 0.6 is 11.3 Å². The molecule has 2 aromatic heterocycles. The van der Waals surface area contributed by atoms with Crippen LogP contribution in [0.25, 0.3) is 10.6 Å². The van der Waals surface area contributed by atoms with Crippen LogP contribution in [0.2, 0.25) is 0 Å². The van der Waals surface area contributed by atoms with E-state index in [0.29, 0.717) is 17.3 Å². The van der Waals surface area contributed by atoms with E-state index in [9.17, 15) is 4.79 Å². The maximum atomic E-state index is 13.1. The molecule has 4 aromatic rings. The average Bonchev–Trinajstić information content (AvgIpc) is 3.51. The number of benzene rings is 2. The Morgan fingerprint density at radius 2 is 1.82 bits per heavy atom. The lowest BCUT2D eigenvalue weighted by atomic mass is 10.0. The lowest BCUT2D eigenvalue weighted by Crippen LogP contribution is -2.32. The second kappa shape index (κ2) is 10.5. The first-order valence-corrected chi connectivity index (χ1v) is 11.9. The summed E-state index contributed by atoms with van der Waals surface area (Å²) in [6.07, 6.45) is 4.73. The molecule has 34 heavy (non-hydrogen) atoms. The molecule has 0 aliphatic heterocycles. The maximum absolute atomic E-state index is 13.1. The fourth-order valence-electron chi connectivity index (χ4n) is 3.73. The molecule has 8 heteroatoms. The highest BCUT2D eigenvalue weighted by molar-refractivity contribution is 7.13. The summed E-state index contributed by atoms with van der Waals surface area (Å²) < 4.78 is 12.7. The Kier molecular flexibility index (Phi) is 7.27. The summed E-state index contributed by atoms with van der Waals surface area (Å²) in [6.45, 7) is 2.13. The zero-order chi connectivity index (χ0) is 24.1. The molecule has 2 aromatic carbocycles. The SMILES string of the molecule is CCc1ccc(-c2nc(CC(=O)NC(c3cc(OC)cc(OC)c3)c3nccn3C)cs2)cc1. The van der Waals surface area contributed by atoms with Crippen molar-refractivity contribution in [2.75, 3.05) is 14.2 Å². The van der Waals surface area contributed by atoms with Gasteiger partial charge in [0.05, 0.1) is 26.3 Å². The van der Waals surface area contributed by atoms with Crippen molar-refractivity contribution < 1.29 is 14.3 Å². The van der Waals surface area contributed by atoms with Crippen LogP contribution in [0.1, 0.15) is 35.6 Å². The fourth-order valence-corrected chi connectivity index (χ4v) is 4.55. The minimum Gasteiger partial charge on any atom is -0.497 e. The van der Waals surface area contributed by atoms with Gasteiger partial charge >= 0.3 is 0 Å². The molecule has 1 atom stereocenters. The fraction of sp³-hybridized carbons (Fsp3) is 0.269. The number of hydrogen-bond acceptors (Lipinski definition) is 6. The summed E-state index contributed by atoms with van der Waals surface area (Å²) in [5.41, 5.74) is 3.89. The quantitative estimate of drug-likeness (QED) is 0.383. The summed E-state index contributed by atoms with van der Waals surface area (Å²) in [4.78, 5) is 22.3. The van der Waals surface area contributed by atoms with Crippen LogP contribution in [0.4, 0.5) is 0 Å². The second-order valence-electron chi connectivity index (χ2n) is 7.91. The van der Waals surface area contributed by atoms with Crippen molar-refractivity contribution in [2.45, 2.75) is 25.8 Å². The molecule has 0 spiro atoms. The Balaban J connectivity index is 1.55. The largest absolute Gasteiger partial charge is 0.497 e. The molecular formula is C26H28N4O3S. The van der Waals surface area contributed by atoms with Crippen molar-refractivity contribution in [3.8, 4) is 22.1 Å². The molecule has 0 fully saturated rings. The number of thiazole rings is 1. The monoisotopic (exact) mass is 476 g/mol. The number of aromatic nitrogens is 3. The predicted molar refractivity (Wildman–Crippen MR) is 133 cm³/mol. The first-order valence-electron chi connectivity index (χ1n) is 11.0. The summed E-state index contributed by atoms with van der Waals surface area (Å²) in [5.74, 6) is 1.84. The maximum Gasteiger partial charge on any atom is 0.226 e. The number of nitrogens with zero attached hydrogens (tertiary/aromatic N) is 3. The number of nitrogens with one attached hydrogen (secondary N) is 1. The van der Waals surface area contributed by atoms with E-state index < -0.39 is 6.04 Å². The third kappa shape index (κ3) is 5.28. The number of rotatable bonds is 9. The Hall–Kier alpha value is -3.65.